The third kappa shape index (κ3) is 2.80. The van der Waals surface area contributed by atoms with Crippen molar-refractivity contribution < 1.29 is 5.11 Å². The lowest BCUT2D eigenvalue weighted by molar-refractivity contribution is 0.278. The molecule has 2 rings (SSSR count). The molecule has 0 saturated carbocycles. The molecule has 0 unspecified atom stereocenters. The summed E-state index contributed by atoms with van der Waals surface area (Å²) in [6.45, 7) is 4.57. The highest BCUT2D eigenvalue weighted by atomic mass is 16.3. The topological polar surface area (TPSA) is 20.2 Å². The van der Waals surface area contributed by atoms with Gasteiger partial charge in [-0.3, -0.25) is 0 Å². The lowest BCUT2D eigenvalue weighted by atomic mass is 9.77. The third-order valence-electron chi connectivity index (χ3n) is 3.41. The molecule has 0 saturated heterocycles. The average molecular weight is 240 g/mol. The zero-order chi connectivity index (χ0) is 13.0. The predicted molar refractivity (Wildman–Crippen MR) is 75.5 cm³/mol. The van der Waals surface area contributed by atoms with Crippen LogP contribution in [-0.4, -0.2) is 5.11 Å². The average Bonchev–Trinajstić information content (AvgIpc) is 2.39. The zero-order valence-corrected chi connectivity index (χ0v) is 11.1. The fourth-order valence-electron chi connectivity index (χ4n) is 2.52. The van der Waals surface area contributed by atoms with Crippen molar-refractivity contribution in [3.8, 4) is 0 Å². The fourth-order valence-corrected chi connectivity index (χ4v) is 2.52. The molecule has 0 aliphatic rings. The van der Waals surface area contributed by atoms with Gasteiger partial charge in [0, 0.05) is 0 Å². The summed E-state index contributed by atoms with van der Waals surface area (Å²) in [6.07, 6.45) is 0.977. The molecule has 0 spiro atoms. The first-order valence-electron chi connectivity index (χ1n) is 6.36. The Morgan fingerprint density at radius 1 is 0.889 bits per heavy atom. The summed E-state index contributed by atoms with van der Waals surface area (Å²) < 4.78 is 0. The van der Waals surface area contributed by atoms with Gasteiger partial charge in [-0.1, -0.05) is 68.4 Å². The van der Waals surface area contributed by atoms with Gasteiger partial charge in [0.25, 0.3) is 0 Å². The van der Waals surface area contributed by atoms with Gasteiger partial charge in [-0.25, -0.2) is 0 Å². The molecular formula is C17H20O. The molecule has 0 aliphatic heterocycles. The predicted octanol–water partition coefficient (Wildman–Crippen LogP) is 3.70. The zero-order valence-electron chi connectivity index (χ0n) is 11.1. The summed E-state index contributed by atoms with van der Waals surface area (Å²) >= 11 is 0. The van der Waals surface area contributed by atoms with E-state index in [1.807, 2.05) is 24.3 Å². The van der Waals surface area contributed by atoms with E-state index in [4.69, 9.17) is 0 Å². The lowest BCUT2D eigenvalue weighted by Gasteiger charge is -2.27. The van der Waals surface area contributed by atoms with E-state index >= 15 is 0 Å². The van der Waals surface area contributed by atoms with Gasteiger partial charge in [0.1, 0.15) is 0 Å². The molecule has 18 heavy (non-hydrogen) atoms. The number of hydrogen-bond acceptors (Lipinski definition) is 1. The lowest BCUT2D eigenvalue weighted by Crippen LogP contribution is -2.22. The molecule has 0 atom stereocenters. The van der Waals surface area contributed by atoms with E-state index in [0.29, 0.717) is 0 Å². The van der Waals surface area contributed by atoms with E-state index in [1.54, 1.807) is 0 Å². The van der Waals surface area contributed by atoms with Gasteiger partial charge in [-0.15, -0.1) is 0 Å². The second-order valence-electron chi connectivity index (χ2n) is 5.36. The van der Waals surface area contributed by atoms with Crippen molar-refractivity contribution in [2.45, 2.75) is 32.3 Å². The fraction of sp³-hybridized carbons (Fsp3) is 0.294. The van der Waals surface area contributed by atoms with Crippen molar-refractivity contribution in [3.05, 3.63) is 71.3 Å². The Kier molecular flexibility index (Phi) is 3.83. The van der Waals surface area contributed by atoms with Crippen LogP contribution in [0.1, 0.15) is 30.5 Å². The minimum absolute atomic E-state index is 0.0284. The minimum atomic E-state index is 0.0284. The van der Waals surface area contributed by atoms with E-state index in [0.717, 1.165) is 12.0 Å². The van der Waals surface area contributed by atoms with Crippen molar-refractivity contribution >= 4 is 0 Å². The Balaban J connectivity index is 2.30. The van der Waals surface area contributed by atoms with Crippen LogP contribution >= 0.6 is 0 Å². The number of rotatable bonds is 4. The highest BCUT2D eigenvalue weighted by molar-refractivity contribution is 5.34. The van der Waals surface area contributed by atoms with E-state index in [2.05, 4.69) is 44.2 Å². The van der Waals surface area contributed by atoms with Crippen LogP contribution in [0.2, 0.25) is 0 Å². The summed E-state index contributed by atoms with van der Waals surface area (Å²) in [7, 11) is 0. The van der Waals surface area contributed by atoms with E-state index < -0.39 is 0 Å². The van der Waals surface area contributed by atoms with Crippen LogP contribution < -0.4 is 0 Å². The largest absolute Gasteiger partial charge is 0.392 e. The van der Waals surface area contributed by atoms with Crippen LogP contribution in [0.15, 0.2) is 54.6 Å². The highest BCUT2D eigenvalue weighted by Gasteiger charge is 2.23. The number of aliphatic hydroxyl groups excluding tert-OH is 1. The molecule has 94 valence electrons. The first-order chi connectivity index (χ1) is 8.63. The van der Waals surface area contributed by atoms with Crippen molar-refractivity contribution in [2.75, 3.05) is 0 Å². The molecule has 1 nitrogen and oxygen atoms in total. The standard InChI is InChI=1S/C17H20O/c1-17(2,12-14-8-4-3-5-9-14)16-11-7-6-10-15(16)13-18/h3-11,18H,12-13H2,1-2H3. The summed E-state index contributed by atoms with van der Waals surface area (Å²) in [5.41, 5.74) is 3.62. The summed E-state index contributed by atoms with van der Waals surface area (Å²) in [6, 6.07) is 18.6. The van der Waals surface area contributed by atoms with Crippen LogP contribution in [0, 0.1) is 0 Å². The Hall–Kier alpha value is -1.60. The first-order valence-corrected chi connectivity index (χ1v) is 6.36. The van der Waals surface area contributed by atoms with Gasteiger partial charge in [-0.2, -0.15) is 0 Å². The monoisotopic (exact) mass is 240 g/mol. The Bertz CT molecular complexity index is 500. The SMILES string of the molecule is CC(C)(Cc1ccccc1)c1ccccc1CO. The minimum Gasteiger partial charge on any atom is -0.392 e. The van der Waals surface area contributed by atoms with E-state index in [1.165, 1.54) is 11.1 Å². The van der Waals surface area contributed by atoms with E-state index in [-0.39, 0.29) is 12.0 Å². The van der Waals surface area contributed by atoms with Crippen molar-refractivity contribution in [1.29, 1.82) is 0 Å². The maximum atomic E-state index is 9.45. The summed E-state index contributed by atoms with van der Waals surface area (Å²) in [5, 5.41) is 9.45. The number of hydrogen-bond donors (Lipinski definition) is 1. The molecule has 1 N–H and O–H groups in total. The van der Waals surface area contributed by atoms with Crippen LogP contribution in [0.4, 0.5) is 0 Å². The van der Waals surface area contributed by atoms with Crippen LogP contribution in [-0.2, 0) is 18.4 Å². The molecule has 0 bridgehead atoms. The first kappa shape index (κ1) is 12.8. The Morgan fingerprint density at radius 2 is 1.50 bits per heavy atom. The van der Waals surface area contributed by atoms with Gasteiger partial charge in [0.15, 0.2) is 0 Å². The molecule has 0 fully saturated rings. The molecule has 2 aromatic carbocycles. The van der Waals surface area contributed by atoms with Crippen molar-refractivity contribution in [2.24, 2.45) is 0 Å². The van der Waals surface area contributed by atoms with E-state index in [9.17, 15) is 5.11 Å². The van der Waals surface area contributed by atoms with Crippen LogP contribution in [0.5, 0.6) is 0 Å². The molecule has 1 heteroatoms. The molecule has 0 heterocycles. The number of benzene rings is 2. The smallest absolute Gasteiger partial charge is 0.0684 e. The molecule has 0 radical (unpaired) electrons. The molecule has 0 aromatic heterocycles. The van der Waals surface area contributed by atoms with Gasteiger partial charge >= 0.3 is 0 Å². The van der Waals surface area contributed by atoms with Gasteiger partial charge in [0.05, 0.1) is 6.61 Å². The quantitative estimate of drug-likeness (QED) is 0.864. The Labute approximate surface area is 109 Å². The third-order valence-corrected chi connectivity index (χ3v) is 3.41. The summed E-state index contributed by atoms with van der Waals surface area (Å²) in [5.74, 6) is 0. The highest BCUT2D eigenvalue weighted by Crippen LogP contribution is 2.30. The van der Waals surface area contributed by atoms with Gasteiger partial charge in [0.2, 0.25) is 0 Å². The maximum Gasteiger partial charge on any atom is 0.0684 e. The molecule has 2 aromatic rings. The number of aliphatic hydroxyl groups is 1. The van der Waals surface area contributed by atoms with Gasteiger partial charge in [-0.05, 0) is 28.5 Å². The van der Waals surface area contributed by atoms with Crippen LogP contribution in [0.25, 0.3) is 0 Å². The molecular weight excluding hydrogens is 220 g/mol. The molecule has 0 aliphatic carbocycles. The molecule has 0 amide bonds. The van der Waals surface area contributed by atoms with Gasteiger partial charge < -0.3 is 5.11 Å². The van der Waals surface area contributed by atoms with Crippen LogP contribution in [0.3, 0.4) is 0 Å². The Morgan fingerprint density at radius 3 is 2.17 bits per heavy atom. The summed E-state index contributed by atoms with van der Waals surface area (Å²) in [4.78, 5) is 0. The second kappa shape index (κ2) is 5.36. The van der Waals surface area contributed by atoms with Crippen molar-refractivity contribution in [3.63, 3.8) is 0 Å². The maximum absolute atomic E-state index is 9.45. The second-order valence-corrected chi connectivity index (χ2v) is 5.36. The van der Waals surface area contributed by atoms with Crippen molar-refractivity contribution in [1.82, 2.24) is 0 Å². The normalized spacial score (nSPS) is 11.5.